The minimum absolute atomic E-state index is 0.0375. The minimum atomic E-state index is -0.275. The fourth-order valence-corrected chi connectivity index (χ4v) is 2.62. The Hall–Kier alpha value is -0.650. The van der Waals surface area contributed by atoms with Crippen LogP contribution in [0.25, 0.3) is 0 Å². The SMILES string of the molecule is CN1CCC(CNC(=O)C2CCC(CN)O2)C1. The number of nitrogens with zero attached hydrogens (tertiary/aromatic N) is 1. The van der Waals surface area contributed by atoms with Crippen molar-refractivity contribution in [3.63, 3.8) is 0 Å². The number of likely N-dealkylation sites (tertiary alicyclic amines) is 1. The maximum atomic E-state index is 11.9. The van der Waals surface area contributed by atoms with E-state index < -0.39 is 0 Å². The third-order valence-electron chi connectivity index (χ3n) is 3.72. The first-order valence-electron chi connectivity index (χ1n) is 6.51. The van der Waals surface area contributed by atoms with Crippen molar-refractivity contribution in [2.45, 2.75) is 31.5 Å². The second-order valence-corrected chi connectivity index (χ2v) is 5.22. The predicted molar refractivity (Wildman–Crippen MR) is 65.6 cm³/mol. The summed E-state index contributed by atoms with van der Waals surface area (Å²) in [5, 5.41) is 3.00. The van der Waals surface area contributed by atoms with Crippen LogP contribution in [0, 0.1) is 5.92 Å². The van der Waals surface area contributed by atoms with Crippen molar-refractivity contribution in [3.05, 3.63) is 0 Å². The van der Waals surface area contributed by atoms with Gasteiger partial charge in [-0.3, -0.25) is 4.79 Å². The van der Waals surface area contributed by atoms with E-state index >= 15 is 0 Å². The number of nitrogens with two attached hydrogens (primary N) is 1. The predicted octanol–water partition coefficient (Wildman–Crippen LogP) is -0.439. The molecule has 0 saturated carbocycles. The average Bonchev–Trinajstić information content (AvgIpc) is 2.94. The second kappa shape index (κ2) is 5.80. The fraction of sp³-hybridized carbons (Fsp3) is 0.917. The van der Waals surface area contributed by atoms with Crippen molar-refractivity contribution in [2.24, 2.45) is 11.7 Å². The number of amides is 1. The summed E-state index contributed by atoms with van der Waals surface area (Å²) in [6, 6.07) is 0. The standard InChI is InChI=1S/C12H23N3O2/c1-15-5-4-9(8-15)7-14-12(16)11-3-2-10(6-13)17-11/h9-11H,2-8,13H2,1H3,(H,14,16). The fourth-order valence-electron chi connectivity index (χ4n) is 2.62. The van der Waals surface area contributed by atoms with E-state index in [2.05, 4.69) is 17.3 Å². The Morgan fingerprint density at radius 3 is 2.88 bits per heavy atom. The van der Waals surface area contributed by atoms with Crippen LogP contribution in [0.2, 0.25) is 0 Å². The smallest absolute Gasteiger partial charge is 0.249 e. The Bertz CT molecular complexity index is 272. The largest absolute Gasteiger partial charge is 0.364 e. The molecule has 2 fully saturated rings. The zero-order chi connectivity index (χ0) is 12.3. The number of hydrogen-bond donors (Lipinski definition) is 2. The summed E-state index contributed by atoms with van der Waals surface area (Å²) in [5.41, 5.74) is 5.52. The van der Waals surface area contributed by atoms with Crippen molar-refractivity contribution >= 4 is 5.91 Å². The van der Waals surface area contributed by atoms with Gasteiger partial charge in [0.15, 0.2) is 0 Å². The molecule has 0 aromatic rings. The van der Waals surface area contributed by atoms with E-state index in [9.17, 15) is 4.79 Å². The third kappa shape index (κ3) is 3.40. The highest BCUT2D eigenvalue weighted by Gasteiger charge is 2.30. The molecule has 17 heavy (non-hydrogen) atoms. The van der Waals surface area contributed by atoms with Crippen LogP contribution >= 0.6 is 0 Å². The van der Waals surface area contributed by atoms with Gasteiger partial charge in [0.25, 0.3) is 0 Å². The quantitative estimate of drug-likeness (QED) is 0.700. The Labute approximate surface area is 103 Å². The topological polar surface area (TPSA) is 67.6 Å². The van der Waals surface area contributed by atoms with Crippen LogP contribution in [0.3, 0.4) is 0 Å². The number of nitrogens with one attached hydrogen (secondary N) is 1. The van der Waals surface area contributed by atoms with Crippen molar-refractivity contribution in [1.29, 1.82) is 0 Å². The van der Waals surface area contributed by atoms with E-state index in [0.717, 1.165) is 32.5 Å². The highest BCUT2D eigenvalue weighted by atomic mass is 16.5. The molecule has 2 aliphatic rings. The van der Waals surface area contributed by atoms with Gasteiger partial charge in [0.1, 0.15) is 6.10 Å². The first-order valence-corrected chi connectivity index (χ1v) is 6.51. The average molecular weight is 241 g/mol. The number of carbonyl (C=O) groups excluding carboxylic acids is 1. The molecule has 5 heteroatoms. The second-order valence-electron chi connectivity index (χ2n) is 5.22. The van der Waals surface area contributed by atoms with Gasteiger partial charge in [-0.1, -0.05) is 0 Å². The minimum Gasteiger partial charge on any atom is -0.364 e. The lowest BCUT2D eigenvalue weighted by atomic mass is 10.1. The molecule has 0 spiro atoms. The monoisotopic (exact) mass is 241 g/mol. The number of carbonyl (C=O) groups is 1. The molecule has 0 radical (unpaired) electrons. The summed E-state index contributed by atoms with van der Waals surface area (Å²) in [5.74, 6) is 0.631. The molecular formula is C12H23N3O2. The van der Waals surface area contributed by atoms with Crippen LogP contribution in [0.4, 0.5) is 0 Å². The molecule has 0 aromatic carbocycles. The number of hydrogen-bond acceptors (Lipinski definition) is 4. The summed E-state index contributed by atoms with van der Waals surface area (Å²) in [6.45, 7) is 3.50. The van der Waals surface area contributed by atoms with E-state index in [1.54, 1.807) is 0 Å². The van der Waals surface area contributed by atoms with Crippen LogP contribution in [-0.2, 0) is 9.53 Å². The van der Waals surface area contributed by atoms with Gasteiger partial charge in [0, 0.05) is 19.6 Å². The lowest BCUT2D eigenvalue weighted by Crippen LogP contribution is -2.38. The third-order valence-corrected chi connectivity index (χ3v) is 3.72. The lowest BCUT2D eigenvalue weighted by Gasteiger charge is -2.15. The molecule has 0 bridgehead atoms. The Kier molecular flexibility index (Phi) is 4.36. The molecule has 2 aliphatic heterocycles. The van der Waals surface area contributed by atoms with Crippen LogP contribution in [-0.4, -0.2) is 56.2 Å². The molecule has 3 atom stereocenters. The van der Waals surface area contributed by atoms with Gasteiger partial charge in [0.2, 0.25) is 5.91 Å². The molecule has 2 heterocycles. The van der Waals surface area contributed by atoms with E-state index in [1.807, 2.05) is 0 Å². The summed E-state index contributed by atoms with van der Waals surface area (Å²) in [7, 11) is 2.12. The molecule has 0 aliphatic carbocycles. The molecule has 3 unspecified atom stereocenters. The molecular weight excluding hydrogens is 218 g/mol. The van der Waals surface area contributed by atoms with Gasteiger partial charge < -0.3 is 20.7 Å². The summed E-state index contributed by atoms with van der Waals surface area (Å²) in [6.07, 6.45) is 2.68. The summed E-state index contributed by atoms with van der Waals surface area (Å²) < 4.78 is 5.56. The summed E-state index contributed by atoms with van der Waals surface area (Å²) in [4.78, 5) is 14.2. The highest BCUT2D eigenvalue weighted by Crippen LogP contribution is 2.19. The molecule has 3 N–H and O–H groups in total. The molecule has 98 valence electrons. The Morgan fingerprint density at radius 1 is 1.47 bits per heavy atom. The van der Waals surface area contributed by atoms with Gasteiger partial charge in [-0.05, 0) is 38.8 Å². The Balaban J connectivity index is 1.67. The van der Waals surface area contributed by atoms with Crippen molar-refractivity contribution in [2.75, 3.05) is 33.2 Å². The first-order chi connectivity index (χ1) is 8.19. The van der Waals surface area contributed by atoms with Gasteiger partial charge in [-0.15, -0.1) is 0 Å². The lowest BCUT2D eigenvalue weighted by molar-refractivity contribution is -0.132. The Morgan fingerprint density at radius 2 is 2.29 bits per heavy atom. The molecule has 2 rings (SSSR count). The molecule has 2 saturated heterocycles. The zero-order valence-corrected chi connectivity index (χ0v) is 10.5. The molecule has 0 aromatic heterocycles. The van der Waals surface area contributed by atoms with Gasteiger partial charge >= 0.3 is 0 Å². The zero-order valence-electron chi connectivity index (χ0n) is 10.5. The highest BCUT2D eigenvalue weighted by molar-refractivity contribution is 5.81. The normalized spacial score (nSPS) is 34.1. The summed E-state index contributed by atoms with van der Waals surface area (Å²) >= 11 is 0. The number of rotatable bonds is 4. The van der Waals surface area contributed by atoms with Gasteiger partial charge in [0.05, 0.1) is 6.10 Å². The maximum absolute atomic E-state index is 11.9. The van der Waals surface area contributed by atoms with Crippen LogP contribution in [0.5, 0.6) is 0 Å². The van der Waals surface area contributed by atoms with Gasteiger partial charge in [-0.25, -0.2) is 0 Å². The van der Waals surface area contributed by atoms with Crippen LogP contribution in [0.15, 0.2) is 0 Å². The molecule has 1 amide bonds. The molecule has 5 nitrogen and oxygen atoms in total. The maximum Gasteiger partial charge on any atom is 0.249 e. The van der Waals surface area contributed by atoms with Crippen LogP contribution < -0.4 is 11.1 Å². The van der Waals surface area contributed by atoms with Crippen molar-refractivity contribution < 1.29 is 9.53 Å². The van der Waals surface area contributed by atoms with E-state index in [0.29, 0.717) is 12.5 Å². The van der Waals surface area contributed by atoms with Gasteiger partial charge in [-0.2, -0.15) is 0 Å². The van der Waals surface area contributed by atoms with E-state index in [4.69, 9.17) is 10.5 Å². The van der Waals surface area contributed by atoms with Crippen molar-refractivity contribution in [1.82, 2.24) is 10.2 Å². The van der Waals surface area contributed by atoms with E-state index in [-0.39, 0.29) is 18.1 Å². The first kappa shape index (κ1) is 12.8. The number of ether oxygens (including phenoxy) is 1. The van der Waals surface area contributed by atoms with Crippen LogP contribution in [0.1, 0.15) is 19.3 Å². The van der Waals surface area contributed by atoms with Crippen molar-refractivity contribution in [3.8, 4) is 0 Å². The van der Waals surface area contributed by atoms with E-state index in [1.165, 1.54) is 6.42 Å².